The molecule has 142 valence electrons. The highest BCUT2D eigenvalue weighted by Crippen LogP contribution is 2.25. The molecule has 0 spiro atoms. The number of carbonyl (C=O) groups is 1. The van der Waals surface area contributed by atoms with Crippen LogP contribution in [0.5, 0.6) is 0 Å². The summed E-state index contributed by atoms with van der Waals surface area (Å²) in [5.41, 5.74) is 0.245. The zero-order valence-corrected chi connectivity index (χ0v) is 17.6. The van der Waals surface area contributed by atoms with Crippen molar-refractivity contribution in [2.45, 2.75) is 38.6 Å². The van der Waals surface area contributed by atoms with Crippen LogP contribution < -0.4 is 5.32 Å². The summed E-state index contributed by atoms with van der Waals surface area (Å²) in [6, 6.07) is 6.24. The van der Waals surface area contributed by atoms with Gasteiger partial charge in [0.2, 0.25) is 10.0 Å². The van der Waals surface area contributed by atoms with Crippen LogP contribution in [0.4, 0.5) is 5.82 Å². The van der Waals surface area contributed by atoms with Crippen molar-refractivity contribution in [3.8, 4) is 0 Å². The highest BCUT2D eigenvalue weighted by atomic mass is 79.9. The number of aromatic nitrogens is 2. The third kappa shape index (κ3) is 4.16. The zero-order chi connectivity index (χ0) is 19.5. The van der Waals surface area contributed by atoms with Gasteiger partial charge in [-0.1, -0.05) is 13.8 Å². The molecule has 26 heavy (non-hydrogen) atoms. The molecule has 1 N–H and O–H groups in total. The molecule has 1 aromatic heterocycles. The first-order chi connectivity index (χ1) is 12.2. The van der Waals surface area contributed by atoms with Crippen LogP contribution in [0.2, 0.25) is 0 Å². The first kappa shape index (κ1) is 20.6. The van der Waals surface area contributed by atoms with Gasteiger partial charge in [-0.3, -0.25) is 4.79 Å². The van der Waals surface area contributed by atoms with Gasteiger partial charge < -0.3 is 5.32 Å². The van der Waals surface area contributed by atoms with Crippen molar-refractivity contribution >= 4 is 37.7 Å². The number of nitrogens with zero attached hydrogens (tertiary/aromatic N) is 3. The van der Waals surface area contributed by atoms with Gasteiger partial charge in [-0.25, -0.2) is 13.1 Å². The van der Waals surface area contributed by atoms with Crippen molar-refractivity contribution in [1.29, 1.82) is 0 Å². The van der Waals surface area contributed by atoms with Crippen LogP contribution >= 0.6 is 15.9 Å². The molecule has 0 bridgehead atoms. The van der Waals surface area contributed by atoms with Gasteiger partial charge in [0.25, 0.3) is 5.91 Å². The first-order valence-corrected chi connectivity index (χ1v) is 10.6. The van der Waals surface area contributed by atoms with Crippen molar-refractivity contribution in [2.75, 3.05) is 18.4 Å². The Morgan fingerprint density at radius 3 is 2.50 bits per heavy atom. The largest absolute Gasteiger partial charge is 0.307 e. The number of hydrogen-bond acceptors (Lipinski definition) is 4. The minimum Gasteiger partial charge on any atom is -0.307 e. The van der Waals surface area contributed by atoms with E-state index in [0.29, 0.717) is 23.4 Å². The summed E-state index contributed by atoms with van der Waals surface area (Å²) in [7, 11) is -3.64. The van der Waals surface area contributed by atoms with Gasteiger partial charge in [-0.2, -0.15) is 9.40 Å². The molecule has 0 saturated carbocycles. The number of hydrogen-bond donors (Lipinski definition) is 1. The summed E-state index contributed by atoms with van der Waals surface area (Å²) in [5, 5.41) is 6.96. The highest BCUT2D eigenvalue weighted by Gasteiger charge is 2.24. The van der Waals surface area contributed by atoms with Gasteiger partial charge in [-0.05, 0) is 48.0 Å². The summed E-state index contributed by atoms with van der Waals surface area (Å²) < 4.78 is 29.0. The molecule has 2 aromatic rings. The lowest BCUT2D eigenvalue weighted by molar-refractivity contribution is 0.102. The van der Waals surface area contributed by atoms with Crippen LogP contribution in [0.1, 0.15) is 44.1 Å². The molecular weight excluding hydrogens is 420 g/mol. The lowest BCUT2D eigenvalue weighted by Crippen LogP contribution is -2.30. The van der Waals surface area contributed by atoms with Gasteiger partial charge in [0.05, 0.1) is 16.7 Å². The molecule has 2 rings (SSSR count). The molecule has 1 aromatic carbocycles. The third-order valence-electron chi connectivity index (χ3n) is 3.93. The lowest BCUT2D eigenvalue weighted by atomic mass is 10.2. The lowest BCUT2D eigenvalue weighted by Gasteiger charge is -2.19. The Kier molecular flexibility index (Phi) is 6.59. The number of rotatable bonds is 7. The number of nitrogens with one attached hydrogen (secondary N) is 1. The van der Waals surface area contributed by atoms with E-state index in [2.05, 4.69) is 26.3 Å². The Balaban J connectivity index is 2.38. The average molecular weight is 443 g/mol. The molecular formula is C17H23BrN4O3S. The number of anilines is 1. The Morgan fingerprint density at radius 2 is 1.92 bits per heavy atom. The summed E-state index contributed by atoms with van der Waals surface area (Å²) in [5.74, 6) is 0.143. The summed E-state index contributed by atoms with van der Waals surface area (Å²) in [6.45, 7) is 8.20. The van der Waals surface area contributed by atoms with Crippen molar-refractivity contribution in [2.24, 2.45) is 0 Å². The van der Waals surface area contributed by atoms with Crippen LogP contribution in [0.25, 0.3) is 0 Å². The topological polar surface area (TPSA) is 84.3 Å². The Labute approximate surface area is 162 Å². The van der Waals surface area contributed by atoms with Crippen molar-refractivity contribution in [3.63, 3.8) is 0 Å². The van der Waals surface area contributed by atoms with E-state index in [1.54, 1.807) is 36.9 Å². The molecule has 0 aliphatic rings. The second-order valence-electron chi connectivity index (χ2n) is 5.94. The van der Waals surface area contributed by atoms with Gasteiger partial charge in [0, 0.05) is 29.7 Å². The van der Waals surface area contributed by atoms with Gasteiger partial charge in [-0.15, -0.1) is 0 Å². The molecule has 0 aliphatic carbocycles. The summed E-state index contributed by atoms with van der Waals surface area (Å²) in [6.07, 6.45) is 1.60. The molecule has 0 aliphatic heterocycles. The molecule has 1 heterocycles. The fourth-order valence-corrected chi connectivity index (χ4v) is 4.47. The maximum absolute atomic E-state index is 12.7. The molecule has 7 nitrogen and oxygen atoms in total. The van der Waals surface area contributed by atoms with Crippen molar-refractivity contribution < 1.29 is 13.2 Å². The maximum Gasteiger partial charge on any atom is 0.257 e. The highest BCUT2D eigenvalue weighted by molar-refractivity contribution is 9.10. The number of benzene rings is 1. The smallest absolute Gasteiger partial charge is 0.257 e. The van der Waals surface area contributed by atoms with Crippen LogP contribution in [0.15, 0.2) is 39.8 Å². The fraction of sp³-hybridized carbons (Fsp3) is 0.412. The molecule has 0 saturated heterocycles. The van der Waals surface area contributed by atoms with E-state index >= 15 is 0 Å². The maximum atomic E-state index is 12.7. The minimum atomic E-state index is -3.64. The minimum absolute atomic E-state index is 0.0816. The van der Waals surface area contributed by atoms with Gasteiger partial charge >= 0.3 is 0 Å². The first-order valence-electron chi connectivity index (χ1n) is 8.36. The average Bonchev–Trinajstić information content (AvgIpc) is 3.04. The van der Waals surface area contributed by atoms with Crippen LogP contribution in [0, 0.1) is 0 Å². The summed E-state index contributed by atoms with van der Waals surface area (Å²) in [4.78, 5) is 12.8. The number of sulfonamides is 1. The molecule has 0 fully saturated rings. The molecule has 0 atom stereocenters. The van der Waals surface area contributed by atoms with Crippen LogP contribution in [-0.4, -0.2) is 41.5 Å². The predicted octanol–water partition coefficient (Wildman–Crippen LogP) is 3.51. The fourth-order valence-electron chi connectivity index (χ4n) is 2.56. The Bertz CT molecular complexity index is 889. The van der Waals surface area contributed by atoms with E-state index in [1.807, 2.05) is 13.8 Å². The van der Waals surface area contributed by atoms with Gasteiger partial charge in [0.15, 0.2) is 0 Å². The van der Waals surface area contributed by atoms with Crippen molar-refractivity contribution in [1.82, 2.24) is 14.1 Å². The standard InChI is InChI=1S/C17H23BrN4O3S/c1-5-21(6-2)26(24,25)13-7-8-15(18)14(11-13)17(23)20-16-9-10-19-22(16)12(3)4/h7-12H,5-6H2,1-4H3,(H,20,23). The normalized spacial score (nSPS) is 12.0. The van der Waals surface area contributed by atoms with Crippen molar-refractivity contribution in [3.05, 3.63) is 40.5 Å². The number of halogens is 1. The van der Waals surface area contributed by atoms with E-state index in [-0.39, 0.29) is 16.5 Å². The SMILES string of the molecule is CCN(CC)S(=O)(=O)c1ccc(Br)c(C(=O)Nc2ccnn2C(C)C)c1. The molecule has 0 unspecified atom stereocenters. The quantitative estimate of drug-likeness (QED) is 0.710. The van der Waals surface area contributed by atoms with E-state index in [0.717, 1.165) is 0 Å². The van der Waals surface area contributed by atoms with E-state index in [9.17, 15) is 13.2 Å². The summed E-state index contributed by atoms with van der Waals surface area (Å²) >= 11 is 3.33. The van der Waals surface area contributed by atoms with E-state index in [1.165, 1.54) is 16.4 Å². The van der Waals surface area contributed by atoms with E-state index in [4.69, 9.17) is 0 Å². The molecule has 0 radical (unpaired) electrons. The number of amides is 1. The van der Waals surface area contributed by atoms with Crippen LogP contribution in [0.3, 0.4) is 0 Å². The Hall–Kier alpha value is -1.71. The van der Waals surface area contributed by atoms with Gasteiger partial charge in [0.1, 0.15) is 5.82 Å². The second kappa shape index (κ2) is 8.32. The third-order valence-corrected chi connectivity index (χ3v) is 6.66. The van der Waals surface area contributed by atoms with Crippen LogP contribution in [-0.2, 0) is 10.0 Å². The molecule has 1 amide bonds. The monoisotopic (exact) mass is 442 g/mol. The second-order valence-corrected chi connectivity index (χ2v) is 8.73. The predicted molar refractivity (Wildman–Crippen MR) is 105 cm³/mol. The zero-order valence-electron chi connectivity index (χ0n) is 15.2. The molecule has 9 heteroatoms. The van der Waals surface area contributed by atoms with E-state index < -0.39 is 15.9 Å². The Morgan fingerprint density at radius 1 is 1.27 bits per heavy atom. The number of carbonyl (C=O) groups excluding carboxylic acids is 1.